The van der Waals surface area contributed by atoms with E-state index in [9.17, 15) is 28.6 Å². The zero-order valence-electron chi connectivity index (χ0n) is 7.76. The minimum atomic E-state index is -2.89. The number of Topliss-reactive ketones (excluding diaryl/α,β-unsaturated/α-hetero) is 1. The van der Waals surface area contributed by atoms with Gasteiger partial charge in [-0.2, -0.15) is 9.65 Å². The predicted octanol–water partition coefficient (Wildman–Crippen LogP) is -5.99. The van der Waals surface area contributed by atoms with E-state index in [1.54, 1.807) is 0 Å². The van der Waals surface area contributed by atoms with Crippen LogP contribution in [0.1, 0.15) is 0 Å². The fourth-order valence-corrected chi connectivity index (χ4v) is 0.344. The Morgan fingerprint density at radius 2 is 1.62 bits per heavy atom. The molecule has 0 aromatic heterocycles. The largest absolute Gasteiger partial charge is 1.00 e. The Labute approximate surface area is 99.6 Å². The predicted molar refractivity (Wildman–Crippen MR) is 34.7 cm³/mol. The maximum Gasteiger partial charge on any atom is 1.00 e. The number of carbonyl (C=O) groups is 4. The molecule has 0 aromatic rings. The summed E-state index contributed by atoms with van der Waals surface area (Å²) >= 11 is 0. The third kappa shape index (κ3) is 5.93. The monoisotopic (exact) mass is 223 g/mol. The van der Waals surface area contributed by atoms with E-state index < -0.39 is 31.1 Å². The fourth-order valence-electron chi connectivity index (χ4n) is 0.344. The van der Waals surface area contributed by atoms with Gasteiger partial charge in [0.15, 0.2) is 6.07 Å². The van der Waals surface area contributed by atoms with Crippen molar-refractivity contribution < 1.29 is 56.8 Å². The summed E-state index contributed by atoms with van der Waals surface area (Å²) < 4.78 is 18.4. The third-order valence-electron chi connectivity index (χ3n) is 0.854. The molecule has 0 aromatic carbocycles. The molecule has 0 N–H and O–H groups in total. The van der Waals surface area contributed by atoms with Gasteiger partial charge in [-0.1, -0.05) is 0 Å². The van der Waals surface area contributed by atoms with Gasteiger partial charge in [-0.15, -0.1) is 0 Å². The van der Waals surface area contributed by atoms with E-state index in [1.165, 1.54) is 0 Å². The molecule has 0 aliphatic heterocycles. The van der Waals surface area contributed by atoms with Crippen molar-refractivity contribution in [1.29, 1.82) is 5.26 Å². The van der Waals surface area contributed by atoms with Gasteiger partial charge in [0, 0.05) is 0 Å². The molecule has 0 rings (SSSR count). The molecular weight excluding hydrogens is 223 g/mol. The van der Waals surface area contributed by atoms with Crippen LogP contribution in [0, 0.1) is 11.3 Å². The van der Waals surface area contributed by atoms with Crippen LogP contribution in [0.25, 0.3) is 0 Å². The first-order valence-electron chi connectivity index (χ1n) is 3.09. The smallest absolute Gasteiger partial charge is 0.808 e. The van der Waals surface area contributed by atoms with Crippen molar-refractivity contribution in [2.75, 3.05) is 0 Å². The summed E-state index contributed by atoms with van der Waals surface area (Å²) in [5, 5.41) is 18.3. The van der Waals surface area contributed by atoms with Gasteiger partial charge < -0.3 is 14.3 Å². The standard InChI is InChI=1S/C5BFNO7.Li/c7-3(10)5(12)15-6(13)14-4(11)2(9)1-8;/q-1;+1. The van der Waals surface area contributed by atoms with Gasteiger partial charge in [-0.25, -0.2) is 14.4 Å². The topological polar surface area (TPSA) is 134 Å². The van der Waals surface area contributed by atoms with E-state index >= 15 is 0 Å². The van der Waals surface area contributed by atoms with Crippen molar-refractivity contribution in [2.24, 2.45) is 0 Å². The van der Waals surface area contributed by atoms with E-state index in [1.807, 2.05) is 0 Å². The average molecular weight is 223 g/mol. The van der Waals surface area contributed by atoms with Gasteiger partial charge in [0.2, 0.25) is 0 Å². The summed E-state index contributed by atoms with van der Waals surface area (Å²) in [7, 11) is -2.89. The van der Waals surface area contributed by atoms with Crippen LogP contribution in [0.15, 0.2) is 0 Å². The number of nitriles is 1. The Balaban J connectivity index is 0. The number of ketones is 1. The molecule has 0 amide bonds. The zero-order chi connectivity index (χ0) is 12.0. The molecule has 16 heavy (non-hydrogen) atoms. The van der Waals surface area contributed by atoms with Crippen LogP contribution in [0.3, 0.4) is 0 Å². The van der Waals surface area contributed by atoms with E-state index in [0.29, 0.717) is 0 Å². The Morgan fingerprint density at radius 1 is 1.19 bits per heavy atom. The maximum atomic E-state index is 11.5. The Morgan fingerprint density at radius 3 is 2.00 bits per heavy atom. The maximum absolute atomic E-state index is 11.5. The summed E-state index contributed by atoms with van der Waals surface area (Å²) in [5.41, 5.74) is 0. The first-order chi connectivity index (χ1) is 6.88. The fraction of sp³-hybridized carbons (Fsp3) is 0. The first-order valence-corrected chi connectivity index (χ1v) is 3.09. The van der Waals surface area contributed by atoms with Crippen molar-refractivity contribution in [2.45, 2.75) is 0 Å². The molecule has 78 valence electrons. The average Bonchev–Trinajstić information content (AvgIpc) is 2.15. The molecule has 0 aliphatic rings. The van der Waals surface area contributed by atoms with Crippen LogP contribution >= 0.6 is 0 Å². The van der Waals surface area contributed by atoms with Gasteiger partial charge in [0.1, 0.15) is 0 Å². The molecule has 0 heterocycles. The van der Waals surface area contributed by atoms with E-state index in [4.69, 9.17) is 5.26 Å². The second-order valence-electron chi connectivity index (χ2n) is 1.81. The molecule has 8 nitrogen and oxygen atoms in total. The van der Waals surface area contributed by atoms with Gasteiger partial charge in [-0.3, -0.25) is 4.79 Å². The Kier molecular flexibility index (Phi) is 7.94. The number of halogens is 1. The van der Waals surface area contributed by atoms with Crippen molar-refractivity contribution in [1.82, 2.24) is 0 Å². The number of rotatable bonds is 4. The van der Waals surface area contributed by atoms with Crippen molar-refractivity contribution in [3.05, 3.63) is 0 Å². The summed E-state index contributed by atoms with van der Waals surface area (Å²) in [6.45, 7) is 0. The minimum Gasteiger partial charge on any atom is -0.808 e. The van der Waals surface area contributed by atoms with Gasteiger partial charge in [0.25, 0.3) is 0 Å². The molecule has 0 radical (unpaired) electrons. The number of carbonyl (C=O) groups excluding carboxylic acids is 4. The minimum absolute atomic E-state index is 0. The van der Waals surface area contributed by atoms with Crippen LogP contribution in [0.2, 0.25) is 0 Å². The first kappa shape index (κ1) is 16.7. The zero-order valence-corrected chi connectivity index (χ0v) is 7.76. The quantitative estimate of drug-likeness (QED) is 0.199. The van der Waals surface area contributed by atoms with E-state index in [0.717, 1.165) is 6.07 Å². The van der Waals surface area contributed by atoms with Crippen LogP contribution in [-0.2, 0) is 28.5 Å². The summed E-state index contributed by atoms with van der Waals surface area (Å²) in [6, 6.07) is -1.76. The molecule has 0 bridgehead atoms. The molecule has 0 unspecified atom stereocenters. The summed E-state index contributed by atoms with van der Waals surface area (Å²) in [5.74, 6) is -5.76. The van der Waals surface area contributed by atoms with Crippen LogP contribution in [0.5, 0.6) is 0 Å². The number of hydrogen-bond donors (Lipinski definition) is 0. The number of nitrogens with zero attached hydrogens (tertiary/aromatic N) is 1. The second kappa shape index (κ2) is 7.59. The van der Waals surface area contributed by atoms with Crippen molar-refractivity contribution in [3.8, 4) is 6.07 Å². The van der Waals surface area contributed by atoms with E-state index in [-0.39, 0.29) is 18.9 Å². The molecule has 0 aliphatic carbocycles. The van der Waals surface area contributed by atoms with Crippen LogP contribution in [-0.4, -0.2) is 31.1 Å². The summed E-state index contributed by atoms with van der Waals surface area (Å²) in [4.78, 5) is 40.3. The number of hydrogen-bond acceptors (Lipinski definition) is 8. The van der Waals surface area contributed by atoms with Gasteiger partial charge >= 0.3 is 49.9 Å². The second-order valence-corrected chi connectivity index (χ2v) is 1.81. The van der Waals surface area contributed by atoms with Crippen molar-refractivity contribution >= 4 is 31.1 Å². The third-order valence-corrected chi connectivity index (χ3v) is 0.854. The van der Waals surface area contributed by atoms with Gasteiger partial charge in [-0.05, 0) is 0 Å². The van der Waals surface area contributed by atoms with Crippen LogP contribution < -0.4 is 23.9 Å². The molecule has 0 spiro atoms. The van der Waals surface area contributed by atoms with Gasteiger partial charge in [0.05, 0.1) is 0 Å². The Bertz CT molecular complexity index is 366. The molecule has 0 fully saturated rings. The molecule has 0 saturated heterocycles. The molecule has 0 saturated carbocycles. The normalized spacial score (nSPS) is 7.81. The molecular formula is C5BFLiNO7. The SMILES string of the molecule is N#CC(=O)C(=O)OB([O-])OC(=O)C(=O)F.[Li+]. The molecule has 0 atom stereocenters. The Hall–Kier alpha value is -1.68. The van der Waals surface area contributed by atoms with Crippen molar-refractivity contribution in [3.63, 3.8) is 0 Å². The van der Waals surface area contributed by atoms with Crippen LogP contribution in [0.4, 0.5) is 4.39 Å². The van der Waals surface area contributed by atoms with E-state index in [2.05, 4.69) is 9.31 Å². The summed E-state index contributed by atoms with van der Waals surface area (Å²) in [6.07, 6.45) is 0. The molecule has 11 heteroatoms.